The smallest absolute Gasteiger partial charge is 0.283 e. The van der Waals surface area contributed by atoms with Gasteiger partial charge in [0.2, 0.25) is 0 Å². The Morgan fingerprint density at radius 2 is 1.76 bits per heavy atom. The predicted molar refractivity (Wildman–Crippen MR) is 76.5 cm³/mol. The molecule has 1 fully saturated rings. The van der Waals surface area contributed by atoms with E-state index in [0.717, 1.165) is 16.9 Å². The van der Waals surface area contributed by atoms with E-state index in [1.165, 1.54) is 0 Å². The molecule has 4 rings (SSSR count). The molecule has 21 heavy (non-hydrogen) atoms. The van der Waals surface area contributed by atoms with Gasteiger partial charge in [-0.05, 0) is 18.2 Å². The van der Waals surface area contributed by atoms with Crippen LogP contribution >= 0.6 is 0 Å². The fraction of sp³-hybridized carbons (Fsp3) is 0.188. The second-order valence-electron chi connectivity index (χ2n) is 4.91. The van der Waals surface area contributed by atoms with Crippen LogP contribution < -0.4 is 10.1 Å². The first-order valence-electron chi connectivity index (χ1n) is 6.80. The molecular formula is C16H14N2O3. The van der Waals surface area contributed by atoms with Crippen LogP contribution in [-0.4, -0.2) is 19.0 Å². The summed E-state index contributed by atoms with van der Waals surface area (Å²) in [6.07, 6.45) is 0. The van der Waals surface area contributed by atoms with Gasteiger partial charge in [0.1, 0.15) is 17.3 Å². The minimum Gasteiger partial charge on any atom is -0.457 e. The highest BCUT2D eigenvalue weighted by molar-refractivity contribution is 6.02. The van der Waals surface area contributed by atoms with E-state index in [4.69, 9.17) is 19.6 Å². The summed E-state index contributed by atoms with van der Waals surface area (Å²) in [5.41, 5.74) is 1.47. The summed E-state index contributed by atoms with van der Waals surface area (Å²) in [5, 5.41) is 11.1. The summed E-state index contributed by atoms with van der Waals surface area (Å²) in [7, 11) is 0. The number of para-hydroxylation sites is 1. The first-order chi connectivity index (χ1) is 10.3. The maximum absolute atomic E-state index is 8.07. The molecule has 2 aromatic carbocycles. The fourth-order valence-corrected chi connectivity index (χ4v) is 2.70. The Kier molecular flexibility index (Phi) is 2.70. The van der Waals surface area contributed by atoms with Gasteiger partial charge in [-0.3, -0.25) is 5.41 Å². The number of rotatable bonds is 2. The van der Waals surface area contributed by atoms with Gasteiger partial charge < -0.3 is 19.5 Å². The molecule has 2 heterocycles. The van der Waals surface area contributed by atoms with Crippen LogP contribution in [0.15, 0.2) is 48.5 Å². The van der Waals surface area contributed by atoms with Gasteiger partial charge in [0.25, 0.3) is 5.91 Å². The largest absolute Gasteiger partial charge is 0.457 e. The van der Waals surface area contributed by atoms with Crippen molar-refractivity contribution in [2.24, 2.45) is 0 Å². The molecule has 0 bridgehead atoms. The molecule has 1 saturated heterocycles. The van der Waals surface area contributed by atoms with Crippen molar-refractivity contribution in [1.82, 2.24) is 5.32 Å². The Balaban J connectivity index is 1.81. The molecule has 0 radical (unpaired) electrons. The number of fused-ring (bicyclic) bond motifs is 2. The lowest BCUT2D eigenvalue weighted by Gasteiger charge is -2.24. The highest BCUT2D eigenvalue weighted by Crippen LogP contribution is 2.43. The van der Waals surface area contributed by atoms with Crippen molar-refractivity contribution in [3.8, 4) is 11.5 Å². The van der Waals surface area contributed by atoms with E-state index in [0.29, 0.717) is 19.0 Å². The highest BCUT2D eigenvalue weighted by atomic mass is 16.8. The zero-order valence-electron chi connectivity index (χ0n) is 11.3. The maximum Gasteiger partial charge on any atom is 0.283 e. The molecule has 1 spiro atoms. The highest BCUT2D eigenvalue weighted by Gasteiger charge is 2.49. The second-order valence-corrected chi connectivity index (χ2v) is 4.91. The zero-order chi connectivity index (χ0) is 14.3. The molecule has 0 atom stereocenters. The Morgan fingerprint density at radius 1 is 1.00 bits per heavy atom. The number of hydrogen-bond acceptors (Lipinski definition) is 4. The average molecular weight is 282 g/mol. The molecule has 0 amide bonds. The van der Waals surface area contributed by atoms with E-state index < -0.39 is 5.91 Å². The van der Waals surface area contributed by atoms with Gasteiger partial charge in [0.15, 0.2) is 0 Å². The molecule has 2 aromatic rings. The van der Waals surface area contributed by atoms with Crippen LogP contribution in [0.3, 0.4) is 0 Å². The predicted octanol–water partition coefficient (Wildman–Crippen LogP) is 2.56. The number of hydrogen-bond donors (Lipinski definition) is 2. The Hall–Kier alpha value is -2.37. The van der Waals surface area contributed by atoms with Crippen molar-refractivity contribution >= 4 is 5.84 Å². The van der Waals surface area contributed by atoms with Gasteiger partial charge >= 0.3 is 0 Å². The molecule has 2 aliphatic rings. The third-order valence-electron chi connectivity index (χ3n) is 3.58. The Labute approximate surface area is 122 Å². The monoisotopic (exact) mass is 282 g/mol. The van der Waals surface area contributed by atoms with Gasteiger partial charge in [-0.2, -0.15) is 0 Å². The molecule has 0 aliphatic carbocycles. The molecule has 0 aromatic heterocycles. The van der Waals surface area contributed by atoms with Gasteiger partial charge in [-0.25, -0.2) is 0 Å². The normalized spacial score (nSPS) is 18.6. The van der Waals surface area contributed by atoms with Gasteiger partial charge in [-0.1, -0.05) is 30.3 Å². The number of benzene rings is 2. The van der Waals surface area contributed by atoms with Crippen molar-refractivity contribution in [3.05, 3.63) is 59.7 Å². The summed E-state index contributed by atoms with van der Waals surface area (Å²) in [6, 6.07) is 15.1. The molecule has 106 valence electrons. The van der Waals surface area contributed by atoms with Gasteiger partial charge in [-0.15, -0.1) is 0 Å². The van der Waals surface area contributed by atoms with Gasteiger partial charge in [0, 0.05) is 5.56 Å². The van der Waals surface area contributed by atoms with E-state index in [9.17, 15) is 0 Å². The molecule has 2 N–H and O–H groups in total. The summed E-state index contributed by atoms with van der Waals surface area (Å²) in [4.78, 5) is 0. The Morgan fingerprint density at radius 3 is 2.52 bits per heavy atom. The van der Waals surface area contributed by atoms with Crippen LogP contribution in [0.4, 0.5) is 0 Å². The molecule has 0 saturated carbocycles. The SMILES string of the molecule is N=C1NC2(OCCO2)c2c(Oc3ccccc3)cccc21. The minimum absolute atomic E-state index is 0.283. The lowest BCUT2D eigenvalue weighted by Crippen LogP contribution is -2.40. The van der Waals surface area contributed by atoms with E-state index in [1.807, 2.05) is 48.5 Å². The number of amidine groups is 1. The van der Waals surface area contributed by atoms with Crippen molar-refractivity contribution in [2.75, 3.05) is 13.2 Å². The molecule has 2 aliphatic heterocycles. The maximum atomic E-state index is 8.07. The number of ether oxygens (including phenoxy) is 3. The molecule has 5 nitrogen and oxygen atoms in total. The van der Waals surface area contributed by atoms with Crippen molar-refractivity contribution in [1.29, 1.82) is 5.41 Å². The quantitative estimate of drug-likeness (QED) is 0.888. The summed E-state index contributed by atoms with van der Waals surface area (Å²) < 4.78 is 17.4. The third-order valence-corrected chi connectivity index (χ3v) is 3.58. The van der Waals surface area contributed by atoms with Crippen molar-refractivity contribution in [3.63, 3.8) is 0 Å². The van der Waals surface area contributed by atoms with Crippen LogP contribution in [0.1, 0.15) is 11.1 Å². The number of nitrogens with one attached hydrogen (secondary N) is 2. The second kappa shape index (κ2) is 4.58. The molecule has 0 unspecified atom stereocenters. The van der Waals surface area contributed by atoms with Crippen LogP contribution in [0.2, 0.25) is 0 Å². The van der Waals surface area contributed by atoms with Gasteiger partial charge in [0.05, 0.1) is 18.8 Å². The van der Waals surface area contributed by atoms with Crippen LogP contribution in [0.25, 0.3) is 0 Å². The standard InChI is InChI=1S/C16H14N2O3/c17-15-12-7-4-8-13(21-11-5-2-1-3-6-11)14(12)16(18-15)19-9-10-20-16/h1-8H,9-10H2,(H2,17,18). The molecule has 5 heteroatoms. The van der Waals surface area contributed by atoms with Crippen LogP contribution in [-0.2, 0) is 15.4 Å². The first kappa shape index (κ1) is 12.4. The Bertz CT molecular complexity index is 694. The average Bonchev–Trinajstić information content (AvgIpc) is 3.07. The fourth-order valence-electron chi connectivity index (χ4n) is 2.70. The van der Waals surface area contributed by atoms with E-state index >= 15 is 0 Å². The van der Waals surface area contributed by atoms with Crippen molar-refractivity contribution < 1.29 is 14.2 Å². The lowest BCUT2D eigenvalue weighted by molar-refractivity contribution is -0.174. The first-order valence-corrected chi connectivity index (χ1v) is 6.80. The zero-order valence-corrected chi connectivity index (χ0v) is 11.3. The topological polar surface area (TPSA) is 63.6 Å². The summed E-state index contributed by atoms with van der Waals surface area (Å²) in [6.45, 7) is 0.971. The van der Waals surface area contributed by atoms with Crippen LogP contribution in [0, 0.1) is 5.41 Å². The van der Waals surface area contributed by atoms with E-state index in [-0.39, 0.29) is 5.84 Å². The molecular weight excluding hydrogens is 268 g/mol. The third kappa shape index (κ3) is 1.90. The summed E-state index contributed by atoms with van der Waals surface area (Å²) >= 11 is 0. The minimum atomic E-state index is -1.09. The lowest BCUT2D eigenvalue weighted by atomic mass is 10.1. The van der Waals surface area contributed by atoms with E-state index in [2.05, 4.69) is 5.32 Å². The summed E-state index contributed by atoms with van der Waals surface area (Å²) in [5.74, 6) is 0.566. The van der Waals surface area contributed by atoms with Crippen molar-refractivity contribution in [2.45, 2.75) is 5.91 Å². The van der Waals surface area contributed by atoms with E-state index in [1.54, 1.807) is 0 Å². The van der Waals surface area contributed by atoms with Crippen LogP contribution in [0.5, 0.6) is 11.5 Å².